The van der Waals surface area contributed by atoms with Gasteiger partial charge in [-0.3, -0.25) is 4.90 Å². The number of hydrogen-bond acceptors (Lipinski definition) is 4. The van der Waals surface area contributed by atoms with E-state index in [9.17, 15) is 4.79 Å². The zero-order valence-corrected chi connectivity index (χ0v) is 15.9. The van der Waals surface area contributed by atoms with Crippen molar-refractivity contribution in [1.29, 1.82) is 0 Å². The lowest BCUT2D eigenvalue weighted by Crippen LogP contribution is -2.50. The van der Waals surface area contributed by atoms with Crippen LogP contribution in [0.1, 0.15) is 62.3 Å². The first-order valence-corrected chi connectivity index (χ1v) is 8.24. The average molecular weight is 323 g/mol. The molecule has 0 aromatic rings. The summed E-state index contributed by atoms with van der Waals surface area (Å²) in [5, 5.41) is 0. The van der Waals surface area contributed by atoms with Crippen LogP contribution in [0.25, 0.3) is 0 Å². The largest absolute Gasteiger partial charge is 0.492 e. The molecule has 0 unspecified atom stereocenters. The van der Waals surface area contributed by atoms with E-state index < -0.39 is 29.5 Å². The maximum atomic E-state index is 12.5. The van der Waals surface area contributed by atoms with Gasteiger partial charge in [0.25, 0.3) is 0 Å². The summed E-state index contributed by atoms with van der Waals surface area (Å²) in [6.07, 6.45) is 1.71. The average Bonchev–Trinajstić information content (AvgIpc) is 2.70. The van der Waals surface area contributed by atoms with Gasteiger partial charge in [0.2, 0.25) is 0 Å². The number of carbonyl (C=O) groups excluding carboxylic acids is 1. The van der Waals surface area contributed by atoms with Crippen LogP contribution in [0.15, 0.2) is 11.5 Å². The molecule has 0 N–H and O–H groups in total. The predicted octanol–water partition coefficient (Wildman–Crippen LogP) is 3.57. The Kier molecular flexibility index (Phi) is 4.18. The molecule has 2 aliphatic rings. The second-order valence-corrected chi connectivity index (χ2v) is 8.90. The van der Waals surface area contributed by atoms with Gasteiger partial charge in [-0.15, -0.1) is 0 Å². The molecule has 2 aliphatic heterocycles. The van der Waals surface area contributed by atoms with Crippen molar-refractivity contribution in [2.24, 2.45) is 0 Å². The Hall–Kier alpha value is -1.01. The van der Waals surface area contributed by atoms with Gasteiger partial charge in [-0.1, -0.05) is 6.08 Å². The van der Waals surface area contributed by atoms with Crippen LogP contribution in [-0.2, 0) is 14.0 Å². The van der Waals surface area contributed by atoms with E-state index in [4.69, 9.17) is 14.0 Å². The van der Waals surface area contributed by atoms with Gasteiger partial charge < -0.3 is 14.0 Å². The minimum atomic E-state index is -0.514. The first-order valence-electron chi connectivity index (χ1n) is 8.24. The molecule has 0 bridgehead atoms. The zero-order chi connectivity index (χ0) is 17.8. The Labute approximate surface area is 140 Å². The molecular weight excluding hydrogens is 293 g/mol. The van der Waals surface area contributed by atoms with E-state index >= 15 is 0 Å². The SMILES string of the molecule is CC(C)(C)OC(=O)N1CC=C(B2OC(C)(C)C(C)(C)O2)C1(C)C. The van der Waals surface area contributed by atoms with Crippen LogP contribution in [0.2, 0.25) is 0 Å². The van der Waals surface area contributed by atoms with Crippen LogP contribution in [-0.4, -0.2) is 47.0 Å². The number of ether oxygens (including phenoxy) is 1. The van der Waals surface area contributed by atoms with E-state index in [-0.39, 0.29) is 6.09 Å². The van der Waals surface area contributed by atoms with Crippen LogP contribution in [0, 0.1) is 0 Å². The van der Waals surface area contributed by atoms with Gasteiger partial charge in [0.1, 0.15) is 5.60 Å². The molecule has 0 saturated carbocycles. The highest BCUT2D eigenvalue weighted by atomic mass is 16.7. The van der Waals surface area contributed by atoms with Crippen molar-refractivity contribution in [2.45, 2.75) is 84.7 Å². The van der Waals surface area contributed by atoms with Crippen LogP contribution in [0.4, 0.5) is 4.79 Å². The Morgan fingerprint density at radius 3 is 2.04 bits per heavy atom. The minimum absolute atomic E-state index is 0.315. The quantitative estimate of drug-likeness (QED) is 0.692. The Morgan fingerprint density at radius 2 is 1.61 bits per heavy atom. The molecule has 5 nitrogen and oxygen atoms in total. The molecule has 23 heavy (non-hydrogen) atoms. The van der Waals surface area contributed by atoms with E-state index in [1.807, 2.05) is 68.4 Å². The normalized spacial score (nSPS) is 25.5. The fourth-order valence-electron chi connectivity index (χ4n) is 2.80. The van der Waals surface area contributed by atoms with Gasteiger partial charge in [-0.25, -0.2) is 4.79 Å². The first-order chi connectivity index (χ1) is 10.2. The molecular formula is C17H30BNO4. The molecule has 0 atom stereocenters. The maximum absolute atomic E-state index is 12.5. The molecule has 1 saturated heterocycles. The number of hydrogen-bond donors (Lipinski definition) is 0. The van der Waals surface area contributed by atoms with Crippen molar-refractivity contribution in [3.63, 3.8) is 0 Å². The molecule has 1 amide bonds. The Bertz CT molecular complexity index is 515. The zero-order valence-electron chi connectivity index (χ0n) is 15.9. The summed E-state index contributed by atoms with van der Waals surface area (Å²) in [7, 11) is -0.442. The van der Waals surface area contributed by atoms with Gasteiger partial charge in [0.15, 0.2) is 0 Å². The lowest BCUT2D eigenvalue weighted by atomic mass is 9.69. The van der Waals surface area contributed by atoms with Gasteiger partial charge >= 0.3 is 13.2 Å². The summed E-state index contributed by atoms with van der Waals surface area (Å²) in [5.41, 5.74) is -0.840. The van der Waals surface area contributed by atoms with Gasteiger partial charge in [0.05, 0.1) is 16.7 Å². The molecule has 0 radical (unpaired) electrons. The highest BCUT2D eigenvalue weighted by molar-refractivity contribution is 6.55. The van der Waals surface area contributed by atoms with Gasteiger partial charge in [-0.05, 0) is 67.8 Å². The van der Waals surface area contributed by atoms with E-state index in [0.717, 1.165) is 5.47 Å². The highest BCUT2D eigenvalue weighted by Gasteiger charge is 2.56. The summed E-state index contributed by atoms with van der Waals surface area (Å²) in [5.74, 6) is 0. The van der Waals surface area contributed by atoms with E-state index in [1.165, 1.54) is 0 Å². The molecule has 1 fully saturated rings. The third-order valence-electron chi connectivity index (χ3n) is 5.00. The fraction of sp³-hybridized carbons (Fsp3) is 0.824. The van der Waals surface area contributed by atoms with Crippen molar-refractivity contribution >= 4 is 13.2 Å². The van der Waals surface area contributed by atoms with E-state index in [2.05, 4.69) is 0 Å². The van der Waals surface area contributed by atoms with E-state index in [0.29, 0.717) is 6.54 Å². The van der Waals surface area contributed by atoms with Crippen LogP contribution < -0.4 is 0 Å². The second kappa shape index (κ2) is 5.25. The van der Waals surface area contributed by atoms with Crippen molar-refractivity contribution < 1.29 is 18.8 Å². The Balaban J connectivity index is 2.17. The number of rotatable bonds is 1. The molecule has 0 aromatic heterocycles. The molecule has 2 heterocycles. The smallest absolute Gasteiger partial charge is 0.444 e. The van der Waals surface area contributed by atoms with Gasteiger partial charge in [0, 0.05) is 6.54 Å². The van der Waals surface area contributed by atoms with E-state index in [1.54, 1.807) is 4.90 Å². The third kappa shape index (κ3) is 3.29. The summed E-state index contributed by atoms with van der Waals surface area (Å²) in [4.78, 5) is 14.2. The fourth-order valence-corrected chi connectivity index (χ4v) is 2.80. The number of amides is 1. The second-order valence-electron chi connectivity index (χ2n) is 8.90. The lowest BCUT2D eigenvalue weighted by Gasteiger charge is -2.36. The van der Waals surface area contributed by atoms with Crippen LogP contribution in [0.3, 0.4) is 0 Å². The lowest BCUT2D eigenvalue weighted by molar-refractivity contribution is 0.00578. The Morgan fingerprint density at radius 1 is 1.13 bits per heavy atom. The molecule has 0 spiro atoms. The summed E-state index contributed by atoms with van der Waals surface area (Å²) in [6.45, 7) is 18.2. The molecule has 6 heteroatoms. The van der Waals surface area contributed by atoms with Crippen molar-refractivity contribution in [3.8, 4) is 0 Å². The molecule has 0 aliphatic carbocycles. The van der Waals surface area contributed by atoms with Crippen LogP contribution in [0.5, 0.6) is 0 Å². The number of carbonyl (C=O) groups is 1. The number of nitrogens with zero attached hydrogens (tertiary/aromatic N) is 1. The first kappa shape index (κ1) is 18.3. The van der Waals surface area contributed by atoms with Crippen molar-refractivity contribution in [1.82, 2.24) is 4.90 Å². The van der Waals surface area contributed by atoms with Crippen LogP contribution >= 0.6 is 0 Å². The summed E-state index contributed by atoms with van der Waals surface area (Å²) < 4.78 is 17.8. The van der Waals surface area contributed by atoms with Gasteiger partial charge in [-0.2, -0.15) is 0 Å². The van der Waals surface area contributed by atoms with Crippen molar-refractivity contribution in [2.75, 3.05) is 6.54 Å². The molecule has 0 aromatic carbocycles. The maximum Gasteiger partial charge on any atom is 0.492 e. The van der Waals surface area contributed by atoms with Crippen molar-refractivity contribution in [3.05, 3.63) is 11.5 Å². The third-order valence-corrected chi connectivity index (χ3v) is 5.00. The standard InChI is InChI=1S/C17H30BNO4/c1-14(2,3)21-13(20)19-11-10-12(15(19,4)5)18-22-16(6,7)17(8,9)23-18/h10H,11H2,1-9H3. The molecule has 130 valence electrons. The summed E-state index contributed by atoms with van der Waals surface area (Å²) in [6, 6.07) is 0. The minimum Gasteiger partial charge on any atom is -0.444 e. The highest BCUT2D eigenvalue weighted by Crippen LogP contribution is 2.43. The monoisotopic (exact) mass is 323 g/mol. The predicted molar refractivity (Wildman–Crippen MR) is 91.2 cm³/mol. The summed E-state index contributed by atoms with van der Waals surface area (Å²) >= 11 is 0. The molecule has 2 rings (SSSR count). The topological polar surface area (TPSA) is 48.0 Å².